The van der Waals surface area contributed by atoms with Crippen molar-refractivity contribution >= 4 is 32.3 Å². The van der Waals surface area contributed by atoms with Crippen LogP contribution in [0.15, 0.2) is 60.7 Å². The molecule has 0 amide bonds. The smallest absolute Gasteiger partial charge is 0.00268 e. The van der Waals surface area contributed by atoms with E-state index in [0.717, 1.165) is 0 Å². The predicted molar refractivity (Wildman–Crippen MR) is 109 cm³/mol. The average Bonchev–Trinajstić information content (AvgIpc) is 2.64. The number of rotatable bonds is 0. The monoisotopic (exact) mass is 306 g/mol. The highest BCUT2D eigenvalue weighted by atomic mass is 14.1. The lowest BCUT2D eigenvalue weighted by atomic mass is 9.95. The van der Waals surface area contributed by atoms with Gasteiger partial charge >= 0.3 is 0 Å². The van der Waals surface area contributed by atoms with Crippen molar-refractivity contribution in [1.82, 2.24) is 0 Å². The van der Waals surface area contributed by atoms with Crippen molar-refractivity contribution in [3.05, 3.63) is 60.7 Å². The van der Waals surface area contributed by atoms with Crippen LogP contribution in [0.4, 0.5) is 0 Å². The molecule has 0 fully saturated rings. The second kappa shape index (κ2) is 9.84. The quantitative estimate of drug-likeness (QED) is 0.288. The second-order valence-electron chi connectivity index (χ2n) is 5.00. The first kappa shape index (κ1) is 19.0. The van der Waals surface area contributed by atoms with E-state index >= 15 is 0 Å². The molecule has 0 saturated carbocycles. The fraction of sp³-hybridized carbons (Fsp3) is 0.304. The highest BCUT2D eigenvalue weighted by Crippen LogP contribution is 2.33. The Balaban J connectivity index is 0.000000335. The van der Waals surface area contributed by atoms with Gasteiger partial charge in [-0.05, 0) is 32.3 Å². The van der Waals surface area contributed by atoms with Gasteiger partial charge in [0.25, 0.3) is 0 Å². The van der Waals surface area contributed by atoms with Crippen LogP contribution < -0.4 is 0 Å². The average molecular weight is 306 g/mol. The fourth-order valence-electron chi connectivity index (χ4n) is 2.67. The molecule has 0 heterocycles. The van der Waals surface area contributed by atoms with Crippen LogP contribution in [0.5, 0.6) is 0 Å². The Kier molecular flexibility index (Phi) is 8.11. The first-order valence-corrected chi connectivity index (χ1v) is 8.97. The lowest BCUT2D eigenvalue weighted by molar-refractivity contribution is 1.09. The molecule has 4 aromatic rings. The van der Waals surface area contributed by atoms with Crippen molar-refractivity contribution < 1.29 is 0 Å². The summed E-state index contributed by atoms with van der Waals surface area (Å²) in [6.45, 7) is 12.2. The third-order valence-corrected chi connectivity index (χ3v) is 3.39. The Hall–Kier alpha value is -2.08. The largest absolute Gasteiger partial charge is 0.0683 e. The van der Waals surface area contributed by atoms with E-state index in [0.29, 0.717) is 0 Å². The summed E-state index contributed by atoms with van der Waals surface area (Å²) in [7, 11) is 0. The van der Waals surface area contributed by atoms with Gasteiger partial charge in [-0.1, -0.05) is 109 Å². The van der Waals surface area contributed by atoms with Gasteiger partial charge in [0, 0.05) is 0 Å². The van der Waals surface area contributed by atoms with Crippen molar-refractivity contribution in [2.75, 3.05) is 0 Å². The zero-order chi connectivity index (χ0) is 17.2. The molecule has 0 aliphatic carbocycles. The Bertz CT molecular complexity index is 682. The van der Waals surface area contributed by atoms with Crippen LogP contribution in [0, 0.1) is 0 Å². The molecule has 122 valence electrons. The van der Waals surface area contributed by atoms with E-state index in [1.54, 1.807) is 0 Å². The first-order chi connectivity index (χ1) is 11.3. The maximum absolute atomic E-state index is 2.21. The van der Waals surface area contributed by atoms with Crippen molar-refractivity contribution in [3.63, 3.8) is 0 Å². The summed E-state index contributed by atoms with van der Waals surface area (Å²) in [6, 6.07) is 21.9. The minimum Gasteiger partial charge on any atom is -0.0683 e. The molecule has 23 heavy (non-hydrogen) atoms. The van der Waals surface area contributed by atoms with Gasteiger partial charge in [-0.15, -0.1) is 0 Å². The van der Waals surface area contributed by atoms with E-state index in [9.17, 15) is 0 Å². The van der Waals surface area contributed by atoms with Crippen LogP contribution in [0.2, 0.25) is 0 Å². The first-order valence-electron chi connectivity index (χ1n) is 8.97. The number of benzene rings is 4. The highest BCUT2D eigenvalue weighted by Gasteiger charge is 2.05. The maximum Gasteiger partial charge on any atom is -0.00268 e. The normalized spacial score (nSPS) is 9.48. The maximum atomic E-state index is 2.21. The molecule has 0 saturated heterocycles. The lowest BCUT2D eigenvalue weighted by Crippen LogP contribution is -1.82. The summed E-state index contributed by atoms with van der Waals surface area (Å²) in [5, 5.41) is 8.14. The van der Waals surface area contributed by atoms with Gasteiger partial charge in [-0.2, -0.15) is 0 Å². The third-order valence-electron chi connectivity index (χ3n) is 3.39. The summed E-state index contributed by atoms with van der Waals surface area (Å²) in [6.07, 6.45) is 1.25. The SMILES string of the molecule is CC.CC.CCC.c1cc2ccc3cccc4ccc(c1)c2c34. The van der Waals surface area contributed by atoms with Gasteiger partial charge in [0.1, 0.15) is 0 Å². The second-order valence-corrected chi connectivity index (χ2v) is 5.00. The molecular formula is C23H30. The van der Waals surface area contributed by atoms with Crippen molar-refractivity contribution in [2.24, 2.45) is 0 Å². The van der Waals surface area contributed by atoms with Gasteiger partial charge < -0.3 is 0 Å². The summed E-state index contributed by atoms with van der Waals surface area (Å²) in [4.78, 5) is 0. The van der Waals surface area contributed by atoms with Gasteiger partial charge in [-0.25, -0.2) is 0 Å². The minimum absolute atomic E-state index is 1.25. The van der Waals surface area contributed by atoms with E-state index in [-0.39, 0.29) is 0 Å². The molecule has 0 aromatic heterocycles. The molecule has 0 aliphatic heterocycles. The van der Waals surface area contributed by atoms with Crippen LogP contribution in [0.1, 0.15) is 48.0 Å². The Morgan fingerprint density at radius 1 is 0.478 bits per heavy atom. The zero-order valence-corrected chi connectivity index (χ0v) is 15.5. The molecule has 4 aromatic carbocycles. The predicted octanol–water partition coefficient (Wildman–Crippen LogP) is 8.05. The Morgan fingerprint density at radius 3 is 0.913 bits per heavy atom. The number of hydrogen-bond donors (Lipinski definition) is 0. The Labute approximate surface area is 141 Å². The molecule has 0 N–H and O–H groups in total. The molecule has 0 aliphatic rings. The van der Waals surface area contributed by atoms with E-state index in [2.05, 4.69) is 74.5 Å². The molecule has 0 unspecified atom stereocenters. The minimum atomic E-state index is 1.25. The molecule has 0 nitrogen and oxygen atoms in total. The van der Waals surface area contributed by atoms with E-state index in [1.807, 2.05) is 27.7 Å². The Morgan fingerprint density at radius 2 is 0.696 bits per heavy atom. The van der Waals surface area contributed by atoms with E-state index in [4.69, 9.17) is 0 Å². The summed E-state index contributed by atoms with van der Waals surface area (Å²) in [5.41, 5.74) is 0. The van der Waals surface area contributed by atoms with Gasteiger partial charge in [0.05, 0.1) is 0 Å². The standard InChI is InChI=1S/C16H10.C3H8.2C2H6/c1-3-11-7-9-13-5-2-6-14-10-8-12(4-1)15(11)16(13)14;1-3-2;2*1-2/h1-10H;3H2,1-2H3;2*1-2H3. The van der Waals surface area contributed by atoms with Crippen molar-refractivity contribution in [3.8, 4) is 0 Å². The van der Waals surface area contributed by atoms with Gasteiger partial charge in [0.15, 0.2) is 0 Å². The molecule has 4 rings (SSSR count). The van der Waals surface area contributed by atoms with E-state index in [1.165, 1.54) is 38.7 Å². The summed E-state index contributed by atoms with van der Waals surface area (Å²) >= 11 is 0. The summed E-state index contributed by atoms with van der Waals surface area (Å²) in [5.74, 6) is 0. The van der Waals surface area contributed by atoms with Crippen LogP contribution in [0.3, 0.4) is 0 Å². The van der Waals surface area contributed by atoms with Crippen LogP contribution >= 0.6 is 0 Å². The van der Waals surface area contributed by atoms with Crippen LogP contribution in [0.25, 0.3) is 32.3 Å². The van der Waals surface area contributed by atoms with Crippen LogP contribution in [-0.4, -0.2) is 0 Å². The molecule has 0 heteroatoms. The van der Waals surface area contributed by atoms with Crippen LogP contribution in [-0.2, 0) is 0 Å². The molecule has 0 spiro atoms. The topological polar surface area (TPSA) is 0 Å². The van der Waals surface area contributed by atoms with Crippen molar-refractivity contribution in [2.45, 2.75) is 48.0 Å². The highest BCUT2D eigenvalue weighted by molar-refractivity contribution is 6.22. The fourth-order valence-corrected chi connectivity index (χ4v) is 2.67. The van der Waals surface area contributed by atoms with Gasteiger partial charge in [0.2, 0.25) is 0 Å². The van der Waals surface area contributed by atoms with E-state index < -0.39 is 0 Å². The lowest BCUT2D eigenvalue weighted by Gasteiger charge is -2.09. The molecular weight excluding hydrogens is 276 g/mol. The molecule has 0 bridgehead atoms. The zero-order valence-electron chi connectivity index (χ0n) is 15.5. The summed E-state index contributed by atoms with van der Waals surface area (Å²) < 4.78 is 0. The van der Waals surface area contributed by atoms with Gasteiger partial charge in [-0.3, -0.25) is 0 Å². The third kappa shape index (κ3) is 4.01. The van der Waals surface area contributed by atoms with Crippen molar-refractivity contribution in [1.29, 1.82) is 0 Å². The number of hydrogen-bond acceptors (Lipinski definition) is 0. The molecule has 0 radical (unpaired) electrons. The molecule has 0 atom stereocenters.